The zero-order valence-corrected chi connectivity index (χ0v) is 21.3. The first-order valence-electron chi connectivity index (χ1n) is 12.4. The standard InChI is InChI=1S/C29H25N3O.C2HF3O2/c33-28(20-15-22-9-3-1-4-10-22)30-25-18-16-24(17-19-25)29-31-26-13-7-8-14-27(26)32(29)21-23-11-5-2-6-12-23;3-2(4,5)1(6)7/h1-14,16-19H,15,20-21H2,(H,30,33);(H,6,7). The largest absolute Gasteiger partial charge is 0.490 e. The first-order chi connectivity index (χ1) is 19.2. The second-order valence-electron chi connectivity index (χ2n) is 8.91. The molecule has 40 heavy (non-hydrogen) atoms. The Hall–Kier alpha value is -4.92. The number of carboxylic acids is 1. The quantitative estimate of drug-likeness (QED) is 0.232. The Balaban J connectivity index is 0.000000470. The summed E-state index contributed by atoms with van der Waals surface area (Å²) in [7, 11) is 0. The van der Waals surface area contributed by atoms with Crippen molar-refractivity contribution >= 4 is 28.6 Å². The Bertz CT molecular complexity index is 1570. The lowest BCUT2D eigenvalue weighted by atomic mass is 10.1. The maximum Gasteiger partial charge on any atom is 0.490 e. The highest BCUT2D eigenvalue weighted by molar-refractivity contribution is 5.91. The Morgan fingerprint density at radius 2 is 1.32 bits per heavy atom. The van der Waals surface area contributed by atoms with Gasteiger partial charge in [0.05, 0.1) is 11.0 Å². The van der Waals surface area contributed by atoms with Crippen molar-refractivity contribution in [3.63, 3.8) is 0 Å². The zero-order chi connectivity index (χ0) is 28.5. The number of hydrogen-bond acceptors (Lipinski definition) is 3. The van der Waals surface area contributed by atoms with Gasteiger partial charge in [-0.3, -0.25) is 4.79 Å². The summed E-state index contributed by atoms with van der Waals surface area (Å²) in [6, 6.07) is 36.6. The Labute approximate surface area is 228 Å². The van der Waals surface area contributed by atoms with Crippen LogP contribution in [0.2, 0.25) is 0 Å². The van der Waals surface area contributed by atoms with Crippen LogP contribution < -0.4 is 5.32 Å². The molecule has 0 fully saturated rings. The monoisotopic (exact) mass is 545 g/mol. The van der Waals surface area contributed by atoms with Crippen molar-refractivity contribution < 1.29 is 27.9 Å². The van der Waals surface area contributed by atoms with Gasteiger partial charge in [0.15, 0.2) is 0 Å². The molecule has 1 aromatic heterocycles. The molecule has 0 spiro atoms. The first kappa shape index (κ1) is 28.1. The maximum atomic E-state index is 12.4. The number of nitrogens with one attached hydrogen (secondary N) is 1. The summed E-state index contributed by atoms with van der Waals surface area (Å²) in [4.78, 5) is 26.2. The number of aryl methyl sites for hydroxylation is 1. The fraction of sp³-hybridized carbons (Fsp3) is 0.129. The number of imidazole rings is 1. The van der Waals surface area contributed by atoms with Gasteiger partial charge < -0.3 is 15.0 Å². The fourth-order valence-corrected chi connectivity index (χ4v) is 4.05. The van der Waals surface area contributed by atoms with E-state index >= 15 is 0 Å². The van der Waals surface area contributed by atoms with Crippen molar-refractivity contribution in [3.8, 4) is 11.4 Å². The molecule has 0 atom stereocenters. The SMILES string of the molecule is O=C(CCc1ccccc1)Nc1ccc(-c2nc3ccccc3n2Cc2ccccc2)cc1.O=C(O)C(F)(F)F. The second-order valence-corrected chi connectivity index (χ2v) is 8.91. The summed E-state index contributed by atoms with van der Waals surface area (Å²) in [5, 5.41) is 10.1. The van der Waals surface area contributed by atoms with E-state index in [4.69, 9.17) is 14.9 Å². The topological polar surface area (TPSA) is 84.2 Å². The highest BCUT2D eigenvalue weighted by atomic mass is 19.4. The minimum absolute atomic E-state index is 0.0166. The molecule has 204 valence electrons. The predicted molar refractivity (Wildman–Crippen MR) is 148 cm³/mol. The van der Waals surface area contributed by atoms with E-state index in [1.54, 1.807) is 0 Å². The molecule has 0 saturated heterocycles. The van der Waals surface area contributed by atoms with Gasteiger partial charge in [0.2, 0.25) is 5.91 Å². The van der Waals surface area contributed by atoms with E-state index in [1.807, 2.05) is 78.9 Å². The number of benzene rings is 4. The molecule has 2 N–H and O–H groups in total. The first-order valence-corrected chi connectivity index (χ1v) is 12.4. The Morgan fingerprint density at radius 1 is 0.775 bits per heavy atom. The molecular weight excluding hydrogens is 519 g/mol. The van der Waals surface area contributed by atoms with E-state index in [2.05, 4.69) is 40.2 Å². The van der Waals surface area contributed by atoms with E-state index in [0.29, 0.717) is 6.42 Å². The lowest BCUT2D eigenvalue weighted by Gasteiger charge is -2.11. The van der Waals surface area contributed by atoms with Gasteiger partial charge in [-0.2, -0.15) is 13.2 Å². The van der Waals surface area contributed by atoms with Crippen molar-refractivity contribution in [2.75, 3.05) is 5.32 Å². The lowest BCUT2D eigenvalue weighted by Crippen LogP contribution is -2.21. The number of halogens is 3. The van der Waals surface area contributed by atoms with Crippen LogP contribution in [0.25, 0.3) is 22.4 Å². The molecule has 0 aliphatic carbocycles. The van der Waals surface area contributed by atoms with Crippen LogP contribution >= 0.6 is 0 Å². The van der Waals surface area contributed by atoms with Crippen LogP contribution in [0.5, 0.6) is 0 Å². The van der Waals surface area contributed by atoms with Crippen LogP contribution in [0.4, 0.5) is 18.9 Å². The molecule has 1 heterocycles. The third-order valence-electron chi connectivity index (χ3n) is 5.99. The summed E-state index contributed by atoms with van der Waals surface area (Å²) < 4.78 is 34.0. The number of nitrogens with zero attached hydrogens (tertiary/aromatic N) is 2. The smallest absolute Gasteiger partial charge is 0.475 e. The van der Waals surface area contributed by atoms with Gasteiger partial charge in [0.1, 0.15) is 5.82 Å². The number of fused-ring (bicyclic) bond motifs is 1. The van der Waals surface area contributed by atoms with Crippen LogP contribution in [0.15, 0.2) is 109 Å². The van der Waals surface area contributed by atoms with E-state index < -0.39 is 12.1 Å². The number of carboxylic acid groups (broad SMARTS) is 1. The van der Waals surface area contributed by atoms with Gasteiger partial charge in [-0.15, -0.1) is 0 Å². The van der Waals surface area contributed by atoms with Crippen molar-refractivity contribution in [1.29, 1.82) is 0 Å². The van der Waals surface area contributed by atoms with Crippen molar-refractivity contribution in [2.24, 2.45) is 0 Å². The minimum Gasteiger partial charge on any atom is -0.475 e. The summed E-state index contributed by atoms with van der Waals surface area (Å²) in [6.07, 6.45) is -3.90. The number of hydrogen-bond donors (Lipinski definition) is 2. The Morgan fingerprint density at radius 3 is 1.93 bits per heavy atom. The number of aliphatic carboxylic acids is 1. The molecule has 1 amide bonds. The van der Waals surface area contributed by atoms with Crippen LogP contribution in [-0.2, 0) is 22.6 Å². The summed E-state index contributed by atoms with van der Waals surface area (Å²) in [6.45, 7) is 0.745. The summed E-state index contributed by atoms with van der Waals surface area (Å²) in [5.41, 5.74) is 6.29. The van der Waals surface area contributed by atoms with Gasteiger partial charge in [0.25, 0.3) is 0 Å². The molecule has 9 heteroatoms. The number of carbonyl (C=O) groups excluding carboxylic acids is 1. The highest BCUT2D eigenvalue weighted by Gasteiger charge is 2.38. The molecule has 0 unspecified atom stereocenters. The number of aromatic nitrogens is 2. The molecule has 5 rings (SSSR count). The molecule has 0 saturated carbocycles. The number of rotatable bonds is 7. The molecule has 0 bridgehead atoms. The molecule has 5 aromatic rings. The fourth-order valence-electron chi connectivity index (χ4n) is 4.05. The van der Waals surface area contributed by atoms with Crippen LogP contribution in [0.3, 0.4) is 0 Å². The highest BCUT2D eigenvalue weighted by Crippen LogP contribution is 2.27. The Kier molecular flexibility index (Phi) is 8.96. The molecule has 4 aromatic carbocycles. The molecule has 6 nitrogen and oxygen atoms in total. The summed E-state index contributed by atoms with van der Waals surface area (Å²) in [5.74, 6) is -1.82. The molecule has 0 radical (unpaired) electrons. The number of alkyl halides is 3. The van der Waals surface area contributed by atoms with Crippen LogP contribution in [-0.4, -0.2) is 32.7 Å². The molecular formula is C31H26F3N3O3. The van der Waals surface area contributed by atoms with Crippen LogP contribution in [0, 0.1) is 0 Å². The van der Waals surface area contributed by atoms with Crippen molar-refractivity contribution in [1.82, 2.24) is 9.55 Å². The average Bonchev–Trinajstić information content (AvgIpc) is 3.31. The maximum absolute atomic E-state index is 12.4. The zero-order valence-electron chi connectivity index (χ0n) is 21.3. The predicted octanol–water partition coefficient (Wildman–Crippen LogP) is 6.96. The third kappa shape index (κ3) is 7.57. The van der Waals surface area contributed by atoms with Gasteiger partial charge in [-0.05, 0) is 53.9 Å². The number of anilines is 1. The van der Waals surface area contributed by atoms with E-state index in [-0.39, 0.29) is 5.91 Å². The molecule has 0 aliphatic heterocycles. The van der Waals surface area contributed by atoms with E-state index in [1.165, 1.54) is 11.1 Å². The van der Waals surface area contributed by atoms with E-state index in [9.17, 15) is 18.0 Å². The average molecular weight is 546 g/mol. The molecule has 0 aliphatic rings. The van der Waals surface area contributed by atoms with Crippen molar-refractivity contribution in [2.45, 2.75) is 25.6 Å². The number of amides is 1. The van der Waals surface area contributed by atoms with Gasteiger partial charge in [0, 0.05) is 24.2 Å². The van der Waals surface area contributed by atoms with Crippen molar-refractivity contribution in [3.05, 3.63) is 120 Å². The number of carbonyl (C=O) groups is 2. The summed E-state index contributed by atoms with van der Waals surface area (Å²) >= 11 is 0. The lowest BCUT2D eigenvalue weighted by molar-refractivity contribution is -0.192. The minimum atomic E-state index is -5.08. The van der Waals surface area contributed by atoms with Gasteiger partial charge in [-0.1, -0.05) is 72.8 Å². The van der Waals surface area contributed by atoms with E-state index in [0.717, 1.165) is 41.1 Å². The third-order valence-corrected chi connectivity index (χ3v) is 5.99. The van der Waals surface area contributed by atoms with Gasteiger partial charge >= 0.3 is 12.1 Å². The normalized spacial score (nSPS) is 11.0. The van der Waals surface area contributed by atoms with Gasteiger partial charge in [-0.25, -0.2) is 9.78 Å². The number of para-hydroxylation sites is 2. The second kappa shape index (κ2) is 12.8. The van der Waals surface area contributed by atoms with Crippen LogP contribution in [0.1, 0.15) is 17.5 Å².